The highest BCUT2D eigenvalue weighted by atomic mass is 16.5. The third kappa shape index (κ3) is 2.95. The minimum Gasteiger partial charge on any atom is -0.477 e. The molecule has 0 saturated carbocycles. The van der Waals surface area contributed by atoms with Crippen molar-refractivity contribution in [3.8, 4) is 0 Å². The zero-order valence-electron chi connectivity index (χ0n) is 10.7. The van der Waals surface area contributed by atoms with Crippen molar-refractivity contribution in [2.24, 2.45) is 5.10 Å². The molecule has 1 aliphatic rings. The summed E-state index contributed by atoms with van der Waals surface area (Å²) in [7, 11) is 0. The SMILES string of the molecule is CC(C)c1noc(CN2N=C(C(=O)O)CCC2=O)n1. The second kappa shape index (κ2) is 5.17. The lowest BCUT2D eigenvalue weighted by Gasteiger charge is -2.20. The summed E-state index contributed by atoms with van der Waals surface area (Å²) in [4.78, 5) is 26.6. The number of aromatic nitrogens is 2. The van der Waals surface area contributed by atoms with Gasteiger partial charge in [-0.25, -0.2) is 9.80 Å². The molecule has 2 heterocycles. The smallest absolute Gasteiger partial charge is 0.352 e. The molecule has 0 bridgehead atoms. The lowest BCUT2D eigenvalue weighted by molar-refractivity contribution is -0.133. The van der Waals surface area contributed by atoms with Crippen LogP contribution in [0.2, 0.25) is 0 Å². The highest BCUT2D eigenvalue weighted by Gasteiger charge is 2.25. The van der Waals surface area contributed by atoms with Crippen LogP contribution >= 0.6 is 0 Å². The Bertz CT molecular complexity index is 535. The van der Waals surface area contributed by atoms with E-state index >= 15 is 0 Å². The van der Waals surface area contributed by atoms with Crippen LogP contribution in [0, 0.1) is 0 Å². The molecule has 1 N–H and O–H groups in total. The van der Waals surface area contributed by atoms with E-state index in [1.807, 2.05) is 13.8 Å². The van der Waals surface area contributed by atoms with E-state index in [-0.39, 0.29) is 42.8 Å². The molecule has 0 aromatic carbocycles. The van der Waals surface area contributed by atoms with Crippen LogP contribution in [0.4, 0.5) is 0 Å². The van der Waals surface area contributed by atoms with Crippen molar-refractivity contribution in [2.75, 3.05) is 0 Å². The van der Waals surface area contributed by atoms with Crippen molar-refractivity contribution >= 4 is 17.6 Å². The van der Waals surface area contributed by atoms with Gasteiger partial charge in [0, 0.05) is 18.8 Å². The summed E-state index contributed by atoms with van der Waals surface area (Å²) in [6.45, 7) is 3.83. The Labute approximate surface area is 109 Å². The van der Waals surface area contributed by atoms with Gasteiger partial charge in [0.2, 0.25) is 11.8 Å². The van der Waals surface area contributed by atoms with Crippen LogP contribution in [0.3, 0.4) is 0 Å². The molecule has 2 rings (SSSR count). The molecule has 8 heteroatoms. The predicted octanol–water partition coefficient (Wildman–Crippen LogP) is 0.756. The summed E-state index contributed by atoms with van der Waals surface area (Å²) >= 11 is 0. The predicted molar refractivity (Wildman–Crippen MR) is 63.2 cm³/mol. The maximum atomic E-state index is 11.6. The first-order valence-corrected chi connectivity index (χ1v) is 5.91. The summed E-state index contributed by atoms with van der Waals surface area (Å²) in [6.07, 6.45) is 0.266. The molecule has 0 saturated heterocycles. The normalized spacial score (nSPS) is 15.8. The summed E-state index contributed by atoms with van der Waals surface area (Å²) in [5.41, 5.74) is -0.0387. The fourth-order valence-corrected chi connectivity index (χ4v) is 1.57. The van der Waals surface area contributed by atoms with Gasteiger partial charge >= 0.3 is 5.97 Å². The molecule has 1 aromatic rings. The molecule has 1 aliphatic heterocycles. The molecule has 0 atom stereocenters. The summed E-state index contributed by atoms with van der Waals surface area (Å²) < 4.78 is 5.00. The number of hydrazone groups is 1. The van der Waals surface area contributed by atoms with Crippen molar-refractivity contribution < 1.29 is 19.2 Å². The topological polar surface area (TPSA) is 109 Å². The fraction of sp³-hybridized carbons (Fsp3) is 0.545. The summed E-state index contributed by atoms with van der Waals surface area (Å²) in [5.74, 6) is -0.470. The number of rotatable bonds is 4. The van der Waals surface area contributed by atoms with Crippen molar-refractivity contribution in [3.05, 3.63) is 11.7 Å². The third-order valence-corrected chi connectivity index (χ3v) is 2.64. The van der Waals surface area contributed by atoms with E-state index in [0.717, 1.165) is 5.01 Å². The number of amides is 1. The molecule has 8 nitrogen and oxygen atoms in total. The second-order valence-electron chi connectivity index (χ2n) is 4.50. The standard InChI is InChI=1S/C11H14N4O4/c1-6(2)10-12-8(19-14-10)5-15-9(16)4-3-7(13-15)11(17)18/h6H,3-5H2,1-2H3,(H,17,18). The molecule has 19 heavy (non-hydrogen) atoms. The first-order valence-electron chi connectivity index (χ1n) is 5.91. The third-order valence-electron chi connectivity index (χ3n) is 2.64. The van der Waals surface area contributed by atoms with E-state index in [4.69, 9.17) is 9.63 Å². The number of carboxylic acid groups (broad SMARTS) is 1. The van der Waals surface area contributed by atoms with Crippen LogP contribution in [0.15, 0.2) is 9.62 Å². The Kier molecular flexibility index (Phi) is 3.59. The Balaban J connectivity index is 2.14. The Hall–Kier alpha value is -2.25. The average molecular weight is 266 g/mol. The minimum atomic E-state index is -1.12. The van der Waals surface area contributed by atoms with Gasteiger partial charge in [-0.05, 0) is 0 Å². The molecule has 1 amide bonds. The molecule has 0 fully saturated rings. The quantitative estimate of drug-likeness (QED) is 0.861. The van der Waals surface area contributed by atoms with Crippen LogP contribution in [0.1, 0.15) is 44.3 Å². The maximum Gasteiger partial charge on any atom is 0.352 e. The number of carboxylic acids is 1. The van der Waals surface area contributed by atoms with Crippen molar-refractivity contribution in [2.45, 2.75) is 39.2 Å². The number of aliphatic carboxylic acids is 1. The lowest BCUT2D eigenvalue weighted by Crippen LogP contribution is -2.33. The van der Waals surface area contributed by atoms with Gasteiger partial charge in [0.15, 0.2) is 5.82 Å². The first-order chi connectivity index (χ1) is 8.97. The van der Waals surface area contributed by atoms with Crippen molar-refractivity contribution in [3.63, 3.8) is 0 Å². The number of hydrogen-bond acceptors (Lipinski definition) is 6. The first kappa shape index (κ1) is 13.2. The molecule has 102 valence electrons. The maximum absolute atomic E-state index is 11.6. The van der Waals surface area contributed by atoms with E-state index in [0.29, 0.717) is 5.82 Å². The van der Waals surface area contributed by atoms with Gasteiger partial charge in [0.1, 0.15) is 12.3 Å². The number of carbonyl (C=O) groups is 2. The van der Waals surface area contributed by atoms with Gasteiger partial charge in [-0.15, -0.1) is 0 Å². The minimum absolute atomic E-state index is 0.00463. The zero-order valence-corrected chi connectivity index (χ0v) is 10.7. The monoisotopic (exact) mass is 266 g/mol. The molecular weight excluding hydrogens is 252 g/mol. The average Bonchev–Trinajstić information content (AvgIpc) is 2.80. The van der Waals surface area contributed by atoms with Gasteiger partial charge in [-0.1, -0.05) is 19.0 Å². The summed E-state index contributed by atoms with van der Waals surface area (Å²) in [6, 6.07) is 0. The van der Waals surface area contributed by atoms with Gasteiger partial charge in [-0.3, -0.25) is 4.79 Å². The molecule has 0 radical (unpaired) electrons. The zero-order chi connectivity index (χ0) is 14.0. The largest absolute Gasteiger partial charge is 0.477 e. The summed E-state index contributed by atoms with van der Waals surface area (Å²) in [5, 5.41) is 17.5. The van der Waals surface area contributed by atoms with E-state index in [1.54, 1.807) is 0 Å². The van der Waals surface area contributed by atoms with Gasteiger partial charge < -0.3 is 9.63 Å². The van der Waals surface area contributed by atoms with Crippen LogP contribution in [-0.4, -0.2) is 37.8 Å². The molecule has 0 aliphatic carbocycles. The molecule has 0 spiro atoms. The molecular formula is C11H14N4O4. The van der Waals surface area contributed by atoms with E-state index in [2.05, 4.69) is 15.2 Å². The Morgan fingerprint density at radius 2 is 2.21 bits per heavy atom. The lowest BCUT2D eigenvalue weighted by atomic mass is 10.2. The van der Waals surface area contributed by atoms with Crippen molar-refractivity contribution in [1.82, 2.24) is 15.1 Å². The molecule has 1 aromatic heterocycles. The van der Waals surface area contributed by atoms with Gasteiger partial charge in [0.25, 0.3) is 0 Å². The highest BCUT2D eigenvalue weighted by molar-refractivity contribution is 6.36. The van der Waals surface area contributed by atoms with Crippen LogP contribution < -0.4 is 0 Å². The molecule has 0 unspecified atom stereocenters. The van der Waals surface area contributed by atoms with Gasteiger partial charge in [0.05, 0.1) is 0 Å². The van der Waals surface area contributed by atoms with Crippen LogP contribution in [-0.2, 0) is 16.1 Å². The Morgan fingerprint density at radius 1 is 1.47 bits per heavy atom. The van der Waals surface area contributed by atoms with E-state index in [1.165, 1.54) is 0 Å². The van der Waals surface area contributed by atoms with E-state index in [9.17, 15) is 9.59 Å². The van der Waals surface area contributed by atoms with Gasteiger partial charge in [-0.2, -0.15) is 10.1 Å². The highest BCUT2D eigenvalue weighted by Crippen LogP contribution is 2.15. The van der Waals surface area contributed by atoms with Crippen LogP contribution in [0.25, 0.3) is 0 Å². The fourth-order valence-electron chi connectivity index (χ4n) is 1.57. The van der Waals surface area contributed by atoms with Crippen molar-refractivity contribution in [1.29, 1.82) is 0 Å². The Morgan fingerprint density at radius 3 is 2.79 bits per heavy atom. The second-order valence-corrected chi connectivity index (χ2v) is 4.50. The number of hydrogen-bond donors (Lipinski definition) is 1. The van der Waals surface area contributed by atoms with Crippen LogP contribution in [0.5, 0.6) is 0 Å². The number of carbonyl (C=O) groups excluding carboxylic acids is 1. The van der Waals surface area contributed by atoms with E-state index < -0.39 is 5.97 Å². The number of nitrogens with zero attached hydrogens (tertiary/aromatic N) is 4.